The van der Waals surface area contributed by atoms with E-state index in [-0.39, 0.29) is 17.8 Å². The van der Waals surface area contributed by atoms with E-state index in [1.54, 1.807) is 26.4 Å². The predicted molar refractivity (Wildman–Crippen MR) is 124 cm³/mol. The van der Waals surface area contributed by atoms with E-state index in [4.69, 9.17) is 14.5 Å². The molecule has 6 heteroatoms. The summed E-state index contributed by atoms with van der Waals surface area (Å²) >= 11 is 0. The van der Waals surface area contributed by atoms with Crippen molar-refractivity contribution in [3.63, 3.8) is 0 Å². The highest BCUT2D eigenvalue weighted by Gasteiger charge is 2.32. The van der Waals surface area contributed by atoms with Gasteiger partial charge in [-0.05, 0) is 72.5 Å². The molecule has 0 fully saturated rings. The molecule has 1 aliphatic rings. The summed E-state index contributed by atoms with van der Waals surface area (Å²) in [5, 5.41) is 14.5. The van der Waals surface area contributed by atoms with Crippen molar-refractivity contribution >= 4 is 11.5 Å². The zero-order valence-corrected chi connectivity index (χ0v) is 18.2. The first-order valence-corrected chi connectivity index (χ1v) is 10.6. The Morgan fingerprint density at radius 2 is 1.47 bits per heavy atom. The largest absolute Gasteiger partial charge is 0.497 e. The molecule has 0 spiro atoms. The Bertz CT molecular complexity index is 1050. The molecule has 3 aromatic rings. The van der Waals surface area contributed by atoms with Gasteiger partial charge in [-0.25, -0.2) is 4.39 Å². The molecule has 1 aliphatic heterocycles. The fourth-order valence-corrected chi connectivity index (χ4v) is 4.02. The molecular formula is C26H27FN2O3. The number of rotatable bonds is 6. The Morgan fingerprint density at radius 3 is 2.06 bits per heavy atom. The van der Waals surface area contributed by atoms with E-state index in [0.717, 1.165) is 41.2 Å². The molecule has 1 heterocycles. The van der Waals surface area contributed by atoms with E-state index in [2.05, 4.69) is 5.32 Å². The number of aliphatic imine (C=N–C) groups is 1. The van der Waals surface area contributed by atoms with E-state index in [1.807, 2.05) is 48.5 Å². The standard InChI is InChI=1S/C26H27FN2O3/c1-31-21-11-3-17(4-12-21)24-16-15-23(25(30)18-5-13-22(32-2)14-6-18)26(29-24)28-20-9-7-19(27)8-10-20/h3-14,23-25,30H,15-16H2,1-2H3,(H,28,29). The minimum Gasteiger partial charge on any atom is -0.497 e. The van der Waals surface area contributed by atoms with Crippen molar-refractivity contribution < 1.29 is 19.0 Å². The summed E-state index contributed by atoms with van der Waals surface area (Å²) < 4.78 is 23.9. The van der Waals surface area contributed by atoms with Crippen LogP contribution in [0.4, 0.5) is 10.1 Å². The molecule has 0 saturated heterocycles. The number of hydrogen-bond donors (Lipinski definition) is 2. The highest BCUT2D eigenvalue weighted by atomic mass is 19.1. The number of aliphatic hydroxyl groups excluding tert-OH is 1. The van der Waals surface area contributed by atoms with Crippen molar-refractivity contribution in [1.29, 1.82) is 0 Å². The molecule has 3 aromatic carbocycles. The molecule has 0 amide bonds. The Balaban J connectivity index is 1.63. The summed E-state index contributed by atoms with van der Waals surface area (Å²) in [6.45, 7) is 0. The molecule has 0 saturated carbocycles. The predicted octanol–water partition coefficient (Wildman–Crippen LogP) is 5.54. The van der Waals surface area contributed by atoms with Gasteiger partial charge >= 0.3 is 0 Å². The third kappa shape index (κ3) is 4.92. The maximum absolute atomic E-state index is 13.4. The van der Waals surface area contributed by atoms with Crippen LogP contribution in [-0.2, 0) is 0 Å². The average Bonchev–Trinajstić information content (AvgIpc) is 2.85. The van der Waals surface area contributed by atoms with Gasteiger partial charge in [0.2, 0.25) is 0 Å². The van der Waals surface area contributed by atoms with Gasteiger partial charge in [-0.2, -0.15) is 0 Å². The fraction of sp³-hybridized carbons (Fsp3) is 0.269. The lowest BCUT2D eigenvalue weighted by molar-refractivity contribution is 0.130. The number of halogens is 1. The lowest BCUT2D eigenvalue weighted by Gasteiger charge is -2.32. The molecule has 0 bridgehead atoms. The molecule has 0 radical (unpaired) electrons. The lowest BCUT2D eigenvalue weighted by atomic mass is 9.85. The number of hydrogen-bond acceptors (Lipinski definition) is 5. The Labute approximate surface area is 187 Å². The van der Waals surface area contributed by atoms with Gasteiger partial charge in [0.05, 0.1) is 26.4 Å². The van der Waals surface area contributed by atoms with Crippen molar-refractivity contribution in [2.24, 2.45) is 10.9 Å². The molecule has 166 valence electrons. The minimum absolute atomic E-state index is 0.0387. The summed E-state index contributed by atoms with van der Waals surface area (Å²) in [5.41, 5.74) is 2.61. The number of methoxy groups -OCH3 is 2. The van der Waals surface area contributed by atoms with Crippen LogP contribution in [0.5, 0.6) is 11.5 Å². The van der Waals surface area contributed by atoms with Crippen LogP contribution in [0, 0.1) is 11.7 Å². The van der Waals surface area contributed by atoms with Gasteiger partial charge in [-0.15, -0.1) is 0 Å². The first-order valence-electron chi connectivity index (χ1n) is 10.6. The van der Waals surface area contributed by atoms with E-state index in [9.17, 15) is 9.50 Å². The Hall–Kier alpha value is -3.38. The molecule has 2 N–H and O–H groups in total. The van der Waals surface area contributed by atoms with E-state index in [0.29, 0.717) is 5.84 Å². The van der Waals surface area contributed by atoms with Crippen LogP contribution in [0.25, 0.3) is 0 Å². The van der Waals surface area contributed by atoms with Gasteiger partial charge in [0.1, 0.15) is 23.2 Å². The molecule has 3 unspecified atom stereocenters. The zero-order valence-electron chi connectivity index (χ0n) is 18.2. The van der Waals surface area contributed by atoms with Crippen LogP contribution in [-0.4, -0.2) is 25.2 Å². The topological polar surface area (TPSA) is 63.1 Å². The number of amidine groups is 1. The average molecular weight is 435 g/mol. The summed E-state index contributed by atoms with van der Waals surface area (Å²) in [5.74, 6) is 1.70. The second kappa shape index (κ2) is 9.83. The van der Waals surface area contributed by atoms with E-state index < -0.39 is 6.10 Å². The number of nitrogens with one attached hydrogen (secondary N) is 1. The maximum Gasteiger partial charge on any atom is 0.123 e. The quantitative estimate of drug-likeness (QED) is 0.535. The van der Waals surface area contributed by atoms with Crippen LogP contribution >= 0.6 is 0 Å². The lowest BCUT2D eigenvalue weighted by Crippen LogP contribution is -2.32. The maximum atomic E-state index is 13.4. The third-order valence-electron chi connectivity index (χ3n) is 5.85. The van der Waals surface area contributed by atoms with Crippen LogP contribution in [0.3, 0.4) is 0 Å². The van der Waals surface area contributed by atoms with E-state index >= 15 is 0 Å². The number of nitrogens with zero attached hydrogens (tertiary/aromatic N) is 1. The summed E-state index contributed by atoms with van der Waals surface area (Å²) in [6.07, 6.45) is 0.819. The molecule has 0 aliphatic carbocycles. The van der Waals surface area contributed by atoms with Gasteiger partial charge < -0.3 is 19.9 Å². The highest BCUT2D eigenvalue weighted by molar-refractivity contribution is 5.98. The first kappa shape index (κ1) is 21.8. The van der Waals surface area contributed by atoms with Crippen LogP contribution < -0.4 is 14.8 Å². The second-order valence-corrected chi connectivity index (χ2v) is 7.84. The zero-order chi connectivity index (χ0) is 22.5. The van der Waals surface area contributed by atoms with Gasteiger partial charge in [0, 0.05) is 11.6 Å². The monoisotopic (exact) mass is 434 g/mol. The van der Waals surface area contributed by atoms with Crippen molar-refractivity contribution in [3.8, 4) is 11.5 Å². The molecular weight excluding hydrogens is 407 g/mol. The molecule has 0 aromatic heterocycles. The summed E-state index contributed by atoms with van der Waals surface area (Å²) in [4.78, 5) is 4.97. The van der Waals surface area contributed by atoms with Crippen molar-refractivity contribution in [3.05, 3.63) is 89.7 Å². The molecule has 3 atom stereocenters. The molecule has 4 rings (SSSR count). The van der Waals surface area contributed by atoms with Crippen LogP contribution in [0.1, 0.15) is 36.1 Å². The van der Waals surface area contributed by atoms with Crippen LogP contribution in [0.15, 0.2) is 77.8 Å². The number of benzene rings is 3. The molecule has 5 nitrogen and oxygen atoms in total. The van der Waals surface area contributed by atoms with Crippen molar-refractivity contribution in [1.82, 2.24) is 0 Å². The normalized spacial score (nSPS) is 19.1. The summed E-state index contributed by atoms with van der Waals surface area (Å²) in [7, 11) is 3.26. The molecule has 32 heavy (non-hydrogen) atoms. The summed E-state index contributed by atoms with van der Waals surface area (Å²) in [6, 6.07) is 21.4. The first-order chi connectivity index (χ1) is 15.6. The number of aliphatic hydroxyl groups is 1. The Kier molecular flexibility index (Phi) is 6.71. The SMILES string of the molecule is COc1ccc(C2CCC(C(O)c3ccc(OC)cc3)C(Nc3ccc(F)cc3)=N2)cc1. The van der Waals surface area contributed by atoms with Crippen molar-refractivity contribution in [2.75, 3.05) is 19.5 Å². The third-order valence-corrected chi connectivity index (χ3v) is 5.85. The number of anilines is 1. The minimum atomic E-state index is -0.732. The smallest absolute Gasteiger partial charge is 0.123 e. The second-order valence-electron chi connectivity index (χ2n) is 7.84. The van der Waals surface area contributed by atoms with Gasteiger partial charge in [0.25, 0.3) is 0 Å². The van der Waals surface area contributed by atoms with Gasteiger partial charge in [-0.3, -0.25) is 4.99 Å². The van der Waals surface area contributed by atoms with E-state index in [1.165, 1.54) is 12.1 Å². The van der Waals surface area contributed by atoms with Crippen LogP contribution in [0.2, 0.25) is 0 Å². The van der Waals surface area contributed by atoms with Crippen molar-refractivity contribution in [2.45, 2.75) is 25.0 Å². The Morgan fingerprint density at radius 1 is 0.875 bits per heavy atom. The number of ether oxygens (including phenoxy) is 2. The fourth-order valence-electron chi connectivity index (χ4n) is 4.02. The van der Waals surface area contributed by atoms with Gasteiger partial charge in [0.15, 0.2) is 0 Å². The van der Waals surface area contributed by atoms with Gasteiger partial charge in [-0.1, -0.05) is 24.3 Å². The highest BCUT2D eigenvalue weighted by Crippen LogP contribution is 2.37.